The van der Waals surface area contributed by atoms with Crippen molar-refractivity contribution in [1.29, 1.82) is 0 Å². The molecule has 0 aliphatic heterocycles. The molecule has 0 amide bonds. The van der Waals surface area contributed by atoms with Crippen LogP contribution in [0.25, 0.3) is 0 Å². The molecular formula is C6H12FNO2S. The zero-order chi connectivity index (χ0) is 8.85. The summed E-state index contributed by atoms with van der Waals surface area (Å²) in [6, 6.07) is 0. The highest BCUT2D eigenvalue weighted by Crippen LogP contribution is 1.99. The van der Waals surface area contributed by atoms with Crippen molar-refractivity contribution in [2.75, 3.05) is 0 Å². The highest BCUT2D eigenvalue weighted by atomic mass is 32.2. The van der Waals surface area contributed by atoms with Crippen LogP contribution in [-0.2, 0) is 11.3 Å². The van der Waals surface area contributed by atoms with Gasteiger partial charge in [-0.3, -0.25) is 9.27 Å². The lowest BCUT2D eigenvalue weighted by Crippen LogP contribution is -2.13. The van der Waals surface area contributed by atoms with Crippen LogP contribution in [0.1, 0.15) is 20.3 Å². The van der Waals surface area contributed by atoms with Gasteiger partial charge in [-0.2, -0.15) is 0 Å². The van der Waals surface area contributed by atoms with E-state index in [1.54, 1.807) is 13.0 Å². The van der Waals surface area contributed by atoms with Gasteiger partial charge in [-0.25, -0.2) is 8.60 Å². The SMILES string of the molecule is CC(=CCC(C)F)NS(=O)O. The van der Waals surface area contributed by atoms with Crippen molar-refractivity contribution in [3.8, 4) is 0 Å². The summed E-state index contributed by atoms with van der Waals surface area (Å²) >= 11 is -2.05. The third-order valence-electron chi connectivity index (χ3n) is 0.997. The molecule has 2 N–H and O–H groups in total. The van der Waals surface area contributed by atoms with Gasteiger partial charge in [0.25, 0.3) is 11.3 Å². The zero-order valence-electron chi connectivity index (χ0n) is 6.50. The Kier molecular flexibility index (Phi) is 5.06. The first-order chi connectivity index (χ1) is 5.02. The molecule has 0 spiro atoms. The molecule has 0 aromatic heterocycles. The Morgan fingerprint density at radius 2 is 2.45 bits per heavy atom. The van der Waals surface area contributed by atoms with Crippen LogP contribution in [0.2, 0.25) is 0 Å². The number of halogens is 1. The molecule has 0 aromatic rings. The van der Waals surface area contributed by atoms with Gasteiger partial charge in [-0.05, 0) is 20.3 Å². The first-order valence-corrected chi connectivity index (χ1v) is 4.31. The van der Waals surface area contributed by atoms with E-state index in [-0.39, 0.29) is 6.42 Å². The summed E-state index contributed by atoms with van der Waals surface area (Å²) in [5, 5.41) is 0. The number of nitrogens with one attached hydrogen (secondary N) is 1. The number of hydrogen-bond donors (Lipinski definition) is 2. The van der Waals surface area contributed by atoms with Crippen LogP contribution in [0.3, 0.4) is 0 Å². The average Bonchev–Trinajstić information content (AvgIpc) is 1.82. The summed E-state index contributed by atoms with van der Waals surface area (Å²) < 4.78 is 32.8. The maximum absolute atomic E-state index is 12.2. The number of allylic oxidation sites excluding steroid dienone is 2. The molecule has 0 radical (unpaired) electrons. The summed E-state index contributed by atoms with van der Waals surface area (Å²) in [4.78, 5) is 0. The molecule has 3 nitrogen and oxygen atoms in total. The fourth-order valence-electron chi connectivity index (χ4n) is 0.519. The minimum atomic E-state index is -2.05. The Balaban J connectivity index is 3.72. The van der Waals surface area contributed by atoms with Gasteiger partial charge in [0.1, 0.15) is 6.17 Å². The van der Waals surface area contributed by atoms with E-state index in [1.807, 2.05) is 0 Å². The van der Waals surface area contributed by atoms with E-state index in [0.29, 0.717) is 5.70 Å². The predicted molar refractivity (Wildman–Crippen MR) is 42.9 cm³/mol. The van der Waals surface area contributed by atoms with Crippen LogP contribution in [0.15, 0.2) is 11.8 Å². The van der Waals surface area contributed by atoms with E-state index < -0.39 is 17.4 Å². The second-order valence-electron chi connectivity index (χ2n) is 2.25. The Hall–Kier alpha value is -0.420. The van der Waals surface area contributed by atoms with E-state index in [0.717, 1.165) is 0 Å². The zero-order valence-corrected chi connectivity index (χ0v) is 7.32. The quantitative estimate of drug-likeness (QED) is 0.643. The first-order valence-electron chi connectivity index (χ1n) is 3.20. The van der Waals surface area contributed by atoms with Crippen LogP contribution in [0, 0.1) is 0 Å². The lowest BCUT2D eigenvalue weighted by Gasteiger charge is -2.00. The Morgan fingerprint density at radius 1 is 1.91 bits per heavy atom. The molecule has 11 heavy (non-hydrogen) atoms. The summed E-state index contributed by atoms with van der Waals surface area (Å²) in [5.41, 5.74) is 0.510. The van der Waals surface area contributed by atoms with Gasteiger partial charge in [-0.1, -0.05) is 6.08 Å². The Morgan fingerprint density at radius 3 is 2.82 bits per heavy atom. The standard InChI is InChI=1S/C6H12FNO2S/c1-5(7)3-4-6(2)8-11(9)10/h4-5,8H,3H2,1-2H3,(H,9,10). The van der Waals surface area contributed by atoms with Gasteiger partial charge in [0, 0.05) is 5.70 Å². The van der Waals surface area contributed by atoms with Crippen molar-refractivity contribution in [2.45, 2.75) is 26.4 Å². The number of rotatable bonds is 4. The smallest absolute Gasteiger partial charge is 0.258 e. The van der Waals surface area contributed by atoms with Crippen LogP contribution >= 0.6 is 0 Å². The molecule has 0 bridgehead atoms. The molecule has 2 unspecified atom stereocenters. The molecule has 0 aliphatic carbocycles. The maximum atomic E-state index is 12.2. The molecule has 66 valence electrons. The third-order valence-corrected chi connectivity index (χ3v) is 1.49. The van der Waals surface area contributed by atoms with Crippen molar-refractivity contribution in [2.24, 2.45) is 0 Å². The van der Waals surface area contributed by atoms with Crippen molar-refractivity contribution in [3.63, 3.8) is 0 Å². The van der Waals surface area contributed by atoms with Crippen LogP contribution in [0.4, 0.5) is 4.39 Å². The van der Waals surface area contributed by atoms with Crippen molar-refractivity contribution in [1.82, 2.24) is 4.72 Å². The summed E-state index contributed by atoms with van der Waals surface area (Å²) in [6.45, 7) is 3.04. The highest BCUT2D eigenvalue weighted by molar-refractivity contribution is 7.77. The van der Waals surface area contributed by atoms with Crippen LogP contribution in [0.5, 0.6) is 0 Å². The molecule has 0 saturated heterocycles. The summed E-state index contributed by atoms with van der Waals surface area (Å²) in [7, 11) is 0. The van der Waals surface area contributed by atoms with Gasteiger partial charge in [0.2, 0.25) is 0 Å². The Labute approximate surface area is 68.1 Å². The van der Waals surface area contributed by atoms with E-state index in [9.17, 15) is 8.60 Å². The molecule has 0 saturated carbocycles. The molecular weight excluding hydrogens is 169 g/mol. The van der Waals surface area contributed by atoms with Gasteiger partial charge < -0.3 is 0 Å². The number of alkyl halides is 1. The van der Waals surface area contributed by atoms with Gasteiger partial charge in [-0.15, -0.1) is 0 Å². The van der Waals surface area contributed by atoms with Crippen molar-refractivity contribution < 1.29 is 13.2 Å². The van der Waals surface area contributed by atoms with Gasteiger partial charge in [0.05, 0.1) is 0 Å². The van der Waals surface area contributed by atoms with E-state index in [2.05, 4.69) is 4.72 Å². The van der Waals surface area contributed by atoms with E-state index >= 15 is 0 Å². The van der Waals surface area contributed by atoms with Gasteiger partial charge in [0.15, 0.2) is 0 Å². The molecule has 0 aromatic carbocycles. The van der Waals surface area contributed by atoms with Crippen molar-refractivity contribution in [3.05, 3.63) is 11.8 Å². The second-order valence-corrected chi connectivity index (χ2v) is 2.96. The molecule has 0 aliphatic rings. The number of hydrogen-bond acceptors (Lipinski definition) is 1. The minimum Gasteiger partial charge on any atom is -0.289 e. The molecule has 2 atom stereocenters. The molecule has 0 heterocycles. The normalized spacial score (nSPS) is 17.6. The van der Waals surface area contributed by atoms with Crippen LogP contribution in [-0.4, -0.2) is 14.9 Å². The summed E-state index contributed by atoms with van der Waals surface area (Å²) in [6.07, 6.45) is 0.883. The maximum Gasteiger partial charge on any atom is 0.258 e. The highest BCUT2D eigenvalue weighted by Gasteiger charge is 1.96. The second kappa shape index (κ2) is 5.26. The predicted octanol–water partition coefficient (Wildman–Crippen LogP) is 1.36. The lowest BCUT2D eigenvalue weighted by molar-refractivity contribution is 0.364. The van der Waals surface area contributed by atoms with E-state index in [1.165, 1.54) is 6.92 Å². The first kappa shape index (κ1) is 10.6. The van der Waals surface area contributed by atoms with Crippen LogP contribution < -0.4 is 4.72 Å². The molecule has 5 heteroatoms. The largest absolute Gasteiger partial charge is 0.289 e. The summed E-state index contributed by atoms with van der Waals surface area (Å²) in [5.74, 6) is 0. The topological polar surface area (TPSA) is 49.3 Å². The Bertz CT molecular complexity index is 170. The van der Waals surface area contributed by atoms with E-state index in [4.69, 9.17) is 4.55 Å². The fourth-order valence-corrected chi connectivity index (χ4v) is 0.877. The monoisotopic (exact) mass is 181 g/mol. The minimum absolute atomic E-state index is 0.260. The lowest BCUT2D eigenvalue weighted by atomic mass is 10.3. The van der Waals surface area contributed by atoms with Gasteiger partial charge >= 0.3 is 0 Å². The molecule has 0 rings (SSSR count). The average molecular weight is 181 g/mol. The third kappa shape index (κ3) is 7.48. The molecule has 0 fully saturated rings. The van der Waals surface area contributed by atoms with Crippen molar-refractivity contribution >= 4 is 11.3 Å². The fraction of sp³-hybridized carbons (Fsp3) is 0.667.